The average molecular weight is 296 g/mol. The maximum absolute atomic E-state index is 10.3. The molecule has 1 rings (SSSR count). The highest BCUT2D eigenvalue weighted by Crippen LogP contribution is 2.23. The first kappa shape index (κ1) is 17.7. The number of anilines is 2. The van der Waals surface area contributed by atoms with Gasteiger partial charge in [-0.15, -0.1) is 0 Å². The zero-order valence-corrected chi connectivity index (χ0v) is 13.9. The summed E-state index contributed by atoms with van der Waals surface area (Å²) in [6.07, 6.45) is 0.566. The number of aliphatic hydroxyl groups is 1. The number of methoxy groups -OCH3 is 1. The van der Waals surface area contributed by atoms with Gasteiger partial charge in [0, 0.05) is 45.2 Å². The fourth-order valence-corrected chi connectivity index (χ4v) is 1.89. The van der Waals surface area contributed by atoms with E-state index in [-0.39, 0.29) is 5.92 Å². The number of nitrogens with zero attached hydrogens (tertiary/aromatic N) is 2. The van der Waals surface area contributed by atoms with E-state index >= 15 is 0 Å². The van der Waals surface area contributed by atoms with Crippen molar-refractivity contribution in [2.24, 2.45) is 0 Å². The van der Waals surface area contributed by atoms with Gasteiger partial charge in [0.2, 0.25) is 0 Å². The molecule has 1 atom stereocenters. The summed E-state index contributed by atoms with van der Waals surface area (Å²) in [4.78, 5) is 9.06. The Morgan fingerprint density at radius 2 is 1.90 bits per heavy atom. The van der Waals surface area contributed by atoms with E-state index in [0.717, 1.165) is 23.0 Å². The van der Waals surface area contributed by atoms with Gasteiger partial charge < -0.3 is 20.5 Å². The minimum absolute atomic E-state index is 0.243. The molecule has 0 aliphatic carbocycles. The van der Waals surface area contributed by atoms with Crippen molar-refractivity contribution in [1.82, 2.24) is 9.97 Å². The number of rotatable bonds is 8. The second-order valence-electron chi connectivity index (χ2n) is 5.90. The Kier molecular flexibility index (Phi) is 6.36. The van der Waals surface area contributed by atoms with Gasteiger partial charge in [0.15, 0.2) is 0 Å². The molecule has 1 heterocycles. The highest BCUT2D eigenvalue weighted by atomic mass is 16.5. The van der Waals surface area contributed by atoms with Crippen LogP contribution in [0.5, 0.6) is 0 Å². The normalized spacial score (nSPS) is 14.1. The van der Waals surface area contributed by atoms with Gasteiger partial charge >= 0.3 is 0 Å². The van der Waals surface area contributed by atoms with Crippen LogP contribution in [0.15, 0.2) is 0 Å². The van der Waals surface area contributed by atoms with Crippen LogP contribution in [-0.2, 0) is 4.74 Å². The van der Waals surface area contributed by atoms with Gasteiger partial charge in [-0.3, -0.25) is 0 Å². The topological polar surface area (TPSA) is 79.3 Å². The van der Waals surface area contributed by atoms with Crippen LogP contribution in [0, 0.1) is 6.92 Å². The van der Waals surface area contributed by atoms with Crippen molar-refractivity contribution in [2.45, 2.75) is 45.6 Å². The lowest BCUT2D eigenvalue weighted by atomic mass is 10.0. The summed E-state index contributed by atoms with van der Waals surface area (Å²) in [5.41, 5.74) is 0.106. The van der Waals surface area contributed by atoms with Crippen molar-refractivity contribution in [3.8, 4) is 0 Å². The Morgan fingerprint density at radius 1 is 1.29 bits per heavy atom. The van der Waals surface area contributed by atoms with Crippen LogP contribution in [0.3, 0.4) is 0 Å². The van der Waals surface area contributed by atoms with Crippen LogP contribution in [0.25, 0.3) is 0 Å². The van der Waals surface area contributed by atoms with E-state index in [1.54, 1.807) is 14.0 Å². The number of hydrogen-bond acceptors (Lipinski definition) is 6. The molecule has 120 valence electrons. The van der Waals surface area contributed by atoms with Crippen molar-refractivity contribution in [2.75, 3.05) is 37.9 Å². The zero-order chi connectivity index (χ0) is 16.0. The Balaban J connectivity index is 2.89. The van der Waals surface area contributed by atoms with Crippen LogP contribution in [0.1, 0.15) is 44.5 Å². The summed E-state index contributed by atoms with van der Waals surface area (Å²) >= 11 is 0. The van der Waals surface area contributed by atoms with Crippen molar-refractivity contribution in [3.05, 3.63) is 11.4 Å². The summed E-state index contributed by atoms with van der Waals surface area (Å²) in [5, 5.41) is 16.6. The Morgan fingerprint density at radius 3 is 2.43 bits per heavy atom. The Labute approximate surface area is 127 Å². The van der Waals surface area contributed by atoms with Gasteiger partial charge in [-0.25, -0.2) is 9.97 Å². The lowest BCUT2D eigenvalue weighted by molar-refractivity contribution is 0.0357. The van der Waals surface area contributed by atoms with Gasteiger partial charge in [0.25, 0.3) is 0 Å². The minimum Gasteiger partial charge on any atom is -0.388 e. The molecule has 1 aromatic rings. The van der Waals surface area contributed by atoms with Gasteiger partial charge in [-0.2, -0.15) is 0 Å². The Bertz CT molecular complexity index is 461. The van der Waals surface area contributed by atoms with E-state index in [0.29, 0.717) is 19.6 Å². The van der Waals surface area contributed by atoms with Crippen molar-refractivity contribution >= 4 is 11.6 Å². The molecule has 0 saturated carbocycles. The summed E-state index contributed by atoms with van der Waals surface area (Å²) < 4.78 is 5.02. The Hall–Kier alpha value is -1.40. The summed E-state index contributed by atoms with van der Waals surface area (Å²) in [7, 11) is 3.48. The largest absolute Gasteiger partial charge is 0.388 e. The van der Waals surface area contributed by atoms with E-state index in [1.165, 1.54) is 0 Å². The SMILES string of the molecule is CNc1nc(C(C)C)nc(NCC(C)(O)CCOC)c1C. The second-order valence-corrected chi connectivity index (χ2v) is 5.90. The van der Waals surface area contributed by atoms with Gasteiger partial charge in [0.05, 0.1) is 5.60 Å². The molecule has 6 nitrogen and oxygen atoms in total. The fraction of sp³-hybridized carbons (Fsp3) is 0.733. The second kappa shape index (κ2) is 7.56. The molecule has 0 aliphatic rings. The lowest BCUT2D eigenvalue weighted by Crippen LogP contribution is -2.35. The zero-order valence-electron chi connectivity index (χ0n) is 13.9. The molecule has 0 fully saturated rings. The van der Waals surface area contributed by atoms with Crippen molar-refractivity contribution < 1.29 is 9.84 Å². The molecular formula is C15H28N4O2. The molecule has 6 heteroatoms. The quantitative estimate of drug-likeness (QED) is 0.682. The predicted octanol–water partition coefficient (Wildman–Crippen LogP) is 2.15. The first-order valence-electron chi connectivity index (χ1n) is 7.32. The fourth-order valence-electron chi connectivity index (χ4n) is 1.89. The van der Waals surface area contributed by atoms with Crippen molar-refractivity contribution in [3.63, 3.8) is 0 Å². The molecular weight excluding hydrogens is 268 g/mol. The standard InChI is InChI=1S/C15H28N4O2/c1-10(2)12-18-13(16-5)11(3)14(19-12)17-9-15(4,20)7-8-21-6/h10,20H,7-9H2,1-6H3,(H2,16,17,18,19). The number of nitrogens with one attached hydrogen (secondary N) is 2. The summed E-state index contributed by atoms with van der Waals surface area (Å²) in [5.74, 6) is 2.60. The molecule has 0 spiro atoms. The van der Waals surface area contributed by atoms with Gasteiger partial charge in [-0.05, 0) is 13.8 Å². The first-order chi connectivity index (χ1) is 9.80. The molecule has 3 N–H and O–H groups in total. The third kappa shape index (κ3) is 5.13. The van der Waals surface area contributed by atoms with E-state index in [9.17, 15) is 5.11 Å². The molecule has 0 bridgehead atoms. The monoisotopic (exact) mass is 296 g/mol. The van der Waals surface area contributed by atoms with Crippen LogP contribution in [-0.4, -0.2) is 48.0 Å². The predicted molar refractivity (Wildman–Crippen MR) is 86.0 cm³/mol. The number of hydrogen-bond donors (Lipinski definition) is 3. The van der Waals surface area contributed by atoms with E-state index in [4.69, 9.17) is 4.74 Å². The third-order valence-corrected chi connectivity index (χ3v) is 3.40. The van der Waals surface area contributed by atoms with E-state index in [1.807, 2.05) is 14.0 Å². The molecule has 1 unspecified atom stereocenters. The van der Waals surface area contributed by atoms with Crippen LogP contribution in [0.4, 0.5) is 11.6 Å². The third-order valence-electron chi connectivity index (χ3n) is 3.40. The average Bonchev–Trinajstić information content (AvgIpc) is 2.44. The maximum Gasteiger partial charge on any atom is 0.135 e. The van der Waals surface area contributed by atoms with Gasteiger partial charge in [-0.1, -0.05) is 13.8 Å². The van der Waals surface area contributed by atoms with Crippen LogP contribution >= 0.6 is 0 Å². The molecule has 21 heavy (non-hydrogen) atoms. The van der Waals surface area contributed by atoms with Gasteiger partial charge in [0.1, 0.15) is 17.5 Å². The lowest BCUT2D eigenvalue weighted by Gasteiger charge is -2.24. The summed E-state index contributed by atoms with van der Waals surface area (Å²) in [6.45, 7) is 8.80. The molecule has 0 amide bonds. The number of aromatic nitrogens is 2. The van der Waals surface area contributed by atoms with E-state index in [2.05, 4.69) is 34.4 Å². The molecule has 0 aromatic carbocycles. The number of ether oxygens (including phenoxy) is 1. The summed E-state index contributed by atoms with van der Waals surface area (Å²) in [6, 6.07) is 0. The van der Waals surface area contributed by atoms with Crippen LogP contribution < -0.4 is 10.6 Å². The minimum atomic E-state index is -0.842. The molecule has 0 radical (unpaired) electrons. The molecule has 0 saturated heterocycles. The highest BCUT2D eigenvalue weighted by Gasteiger charge is 2.21. The van der Waals surface area contributed by atoms with E-state index < -0.39 is 5.60 Å². The molecule has 1 aromatic heterocycles. The van der Waals surface area contributed by atoms with Crippen molar-refractivity contribution in [1.29, 1.82) is 0 Å². The molecule has 0 aliphatic heterocycles. The maximum atomic E-state index is 10.3. The van der Waals surface area contributed by atoms with Crippen LogP contribution in [0.2, 0.25) is 0 Å². The first-order valence-corrected chi connectivity index (χ1v) is 7.32. The highest BCUT2D eigenvalue weighted by molar-refractivity contribution is 5.57. The smallest absolute Gasteiger partial charge is 0.135 e.